The molecule has 3 aromatic carbocycles. The first-order chi connectivity index (χ1) is 22.1. The summed E-state index contributed by atoms with van der Waals surface area (Å²) in [6, 6.07) is 17.7. The maximum atomic E-state index is 13.1. The lowest BCUT2D eigenvalue weighted by molar-refractivity contribution is 0.0948. The van der Waals surface area contributed by atoms with Gasteiger partial charge in [0.05, 0.1) is 15.4 Å². The number of halogens is 4. The molecule has 0 spiro atoms. The lowest BCUT2D eigenvalue weighted by Crippen LogP contribution is -2.37. The number of hydrogen-bond acceptors (Lipinski definition) is 4. The Labute approximate surface area is 296 Å². The van der Waals surface area contributed by atoms with E-state index in [9.17, 15) is 9.59 Å². The summed E-state index contributed by atoms with van der Waals surface area (Å²) in [6.45, 7) is 15.5. The fourth-order valence-corrected chi connectivity index (χ4v) is 6.09. The van der Waals surface area contributed by atoms with Crippen molar-refractivity contribution in [3.8, 4) is 11.4 Å². The van der Waals surface area contributed by atoms with E-state index in [0.717, 1.165) is 24.2 Å². The van der Waals surface area contributed by atoms with Gasteiger partial charge in [0, 0.05) is 34.4 Å². The zero-order chi connectivity index (χ0) is 34.7. The summed E-state index contributed by atoms with van der Waals surface area (Å²) < 4.78 is 7.66. The number of alkyl halides is 1. The van der Waals surface area contributed by atoms with Gasteiger partial charge in [-0.05, 0) is 72.6 Å². The fourth-order valence-electron chi connectivity index (χ4n) is 4.98. The van der Waals surface area contributed by atoms with Crippen LogP contribution >= 0.6 is 46.4 Å². The van der Waals surface area contributed by atoms with E-state index in [0.29, 0.717) is 22.1 Å². The first-order valence-corrected chi connectivity index (χ1v) is 17.2. The van der Waals surface area contributed by atoms with Gasteiger partial charge in [0.2, 0.25) is 0 Å². The highest BCUT2D eigenvalue weighted by molar-refractivity contribution is 6.40. The van der Waals surface area contributed by atoms with Crippen molar-refractivity contribution in [3.05, 3.63) is 103 Å². The molecule has 1 amide bonds. The Morgan fingerprint density at radius 3 is 2.23 bits per heavy atom. The average Bonchev–Trinajstić information content (AvgIpc) is 3.37. The van der Waals surface area contributed by atoms with Crippen LogP contribution in [-0.4, -0.2) is 33.7 Å². The summed E-state index contributed by atoms with van der Waals surface area (Å²) in [4.78, 5) is 25.8. The molecule has 3 N–H and O–H groups in total. The molecule has 1 aromatic heterocycles. The van der Waals surface area contributed by atoms with E-state index in [2.05, 4.69) is 75.5 Å². The van der Waals surface area contributed by atoms with Crippen LogP contribution in [0.4, 0.5) is 11.5 Å². The SMILES string of the molecule is CCC(C)(C)c1ccc(OC(C)C(Cl)CNC(=O)c2cccc(Nc3cc(=O)n(-c4c(Cl)cc(Cl)cc4Cl)[nH]3)c2)c(C(C)(C)CC)c1. The number of carbonyl (C=O) groups excluding carboxylic acids is 1. The fraction of sp³-hybridized carbons (Fsp3) is 0.389. The maximum Gasteiger partial charge on any atom is 0.273 e. The normalized spacial score (nSPS) is 13.3. The standard InChI is InChI=1S/C36H42Cl4N4O3/c1-8-35(4,5)23-13-14-30(26(16-23)36(6,7)9-2)47-21(3)29(40)20-41-34(46)22-11-10-12-25(15-22)42-31-19-32(45)44(43-31)33-27(38)17-24(37)18-28(33)39/h10-19,21,29,42-43H,8-9,20H2,1-7H3,(H,41,46). The van der Waals surface area contributed by atoms with Gasteiger partial charge in [-0.3, -0.25) is 14.7 Å². The topological polar surface area (TPSA) is 88.2 Å². The van der Waals surface area contributed by atoms with Crippen molar-refractivity contribution in [2.45, 2.75) is 83.6 Å². The van der Waals surface area contributed by atoms with Crippen LogP contribution in [0.1, 0.15) is 82.8 Å². The van der Waals surface area contributed by atoms with Crippen molar-refractivity contribution in [1.29, 1.82) is 0 Å². The number of nitrogens with one attached hydrogen (secondary N) is 3. The Morgan fingerprint density at radius 2 is 1.60 bits per heavy atom. The lowest BCUT2D eigenvalue weighted by Gasteiger charge is -2.32. The highest BCUT2D eigenvalue weighted by Crippen LogP contribution is 2.39. The number of hydrogen-bond donors (Lipinski definition) is 3. The summed E-state index contributed by atoms with van der Waals surface area (Å²) in [7, 11) is 0. The predicted octanol–water partition coefficient (Wildman–Crippen LogP) is 10.0. The Hall–Kier alpha value is -3.10. The predicted molar refractivity (Wildman–Crippen MR) is 196 cm³/mol. The Kier molecular flexibility index (Phi) is 11.7. The summed E-state index contributed by atoms with van der Waals surface area (Å²) in [5.41, 5.74) is 3.29. The first kappa shape index (κ1) is 36.7. The van der Waals surface area contributed by atoms with Crippen LogP contribution in [0.25, 0.3) is 5.69 Å². The molecule has 4 rings (SSSR count). The molecular formula is C36H42Cl4N4O3. The lowest BCUT2D eigenvalue weighted by atomic mass is 9.76. The molecule has 0 fully saturated rings. The molecular weight excluding hydrogens is 678 g/mol. The first-order valence-electron chi connectivity index (χ1n) is 15.6. The van der Waals surface area contributed by atoms with Gasteiger partial charge >= 0.3 is 0 Å². The van der Waals surface area contributed by atoms with Crippen molar-refractivity contribution in [2.75, 3.05) is 11.9 Å². The number of carbonyl (C=O) groups is 1. The van der Waals surface area contributed by atoms with Gasteiger partial charge in [0.15, 0.2) is 0 Å². The Bertz CT molecular complexity index is 1770. The van der Waals surface area contributed by atoms with Gasteiger partial charge in [-0.1, -0.05) is 94.5 Å². The smallest absolute Gasteiger partial charge is 0.273 e. The molecule has 0 aliphatic rings. The van der Waals surface area contributed by atoms with Crippen molar-refractivity contribution >= 4 is 63.8 Å². The highest BCUT2D eigenvalue weighted by atomic mass is 35.5. The highest BCUT2D eigenvalue weighted by Gasteiger charge is 2.28. The maximum absolute atomic E-state index is 13.1. The van der Waals surface area contributed by atoms with Gasteiger partial charge < -0.3 is 15.4 Å². The van der Waals surface area contributed by atoms with E-state index in [1.54, 1.807) is 24.3 Å². The molecule has 0 aliphatic heterocycles. The van der Waals surface area contributed by atoms with Crippen LogP contribution in [0.3, 0.4) is 0 Å². The molecule has 7 nitrogen and oxygen atoms in total. The number of benzene rings is 3. The number of anilines is 2. The Balaban J connectivity index is 1.42. The molecule has 1 heterocycles. The van der Waals surface area contributed by atoms with E-state index >= 15 is 0 Å². The number of amides is 1. The summed E-state index contributed by atoms with van der Waals surface area (Å²) in [5.74, 6) is 0.887. The third-order valence-electron chi connectivity index (χ3n) is 8.87. The minimum absolute atomic E-state index is 0.0528. The number of aromatic nitrogens is 2. The van der Waals surface area contributed by atoms with Crippen LogP contribution < -0.4 is 20.9 Å². The summed E-state index contributed by atoms with van der Waals surface area (Å²) >= 11 is 25.4. The molecule has 0 radical (unpaired) electrons. The van der Waals surface area contributed by atoms with Gasteiger partial charge in [0.1, 0.15) is 23.4 Å². The molecule has 4 aromatic rings. The molecule has 2 unspecified atom stereocenters. The molecule has 0 saturated heterocycles. The van der Waals surface area contributed by atoms with Crippen LogP contribution in [0.2, 0.25) is 15.1 Å². The summed E-state index contributed by atoms with van der Waals surface area (Å²) in [6.07, 6.45) is 1.61. The minimum Gasteiger partial charge on any atom is -0.489 e. The van der Waals surface area contributed by atoms with Crippen LogP contribution in [0, 0.1) is 0 Å². The van der Waals surface area contributed by atoms with E-state index in [4.69, 9.17) is 51.1 Å². The third kappa shape index (κ3) is 8.69. The van der Waals surface area contributed by atoms with Crippen molar-refractivity contribution in [3.63, 3.8) is 0 Å². The monoisotopic (exact) mass is 718 g/mol. The van der Waals surface area contributed by atoms with Crippen molar-refractivity contribution in [1.82, 2.24) is 15.1 Å². The van der Waals surface area contributed by atoms with E-state index in [1.807, 2.05) is 6.92 Å². The molecule has 11 heteroatoms. The van der Waals surface area contributed by atoms with Crippen LogP contribution in [0.15, 0.2) is 65.5 Å². The Morgan fingerprint density at radius 1 is 0.936 bits per heavy atom. The van der Waals surface area contributed by atoms with Gasteiger partial charge in [-0.2, -0.15) is 0 Å². The molecule has 47 heavy (non-hydrogen) atoms. The average molecular weight is 721 g/mol. The number of aromatic amines is 1. The van der Waals surface area contributed by atoms with Crippen LogP contribution in [0.5, 0.6) is 5.75 Å². The van der Waals surface area contributed by atoms with Gasteiger partial charge in [0.25, 0.3) is 11.5 Å². The largest absolute Gasteiger partial charge is 0.489 e. The second-order valence-electron chi connectivity index (χ2n) is 13.0. The number of ether oxygens (including phenoxy) is 1. The second-order valence-corrected chi connectivity index (χ2v) is 14.8. The van der Waals surface area contributed by atoms with Crippen LogP contribution in [-0.2, 0) is 10.8 Å². The van der Waals surface area contributed by atoms with Crippen molar-refractivity contribution < 1.29 is 9.53 Å². The van der Waals surface area contributed by atoms with E-state index in [-0.39, 0.29) is 50.7 Å². The van der Waals surface area contributed by atoms with Gasteiger partial charge in [-0.25, -0.2) is 4.68 Å². The zero-order valence-electron chi connectivity index (χ0n) is 27.7. The quantitative estimate of drug-likeness (QED) is 0.120. The molecule has 2 atom stereocenters. The number of rotatable bonds is 13. The molecule has 0 aliphatic carbocycles. The zero-order valence-corrected chi connectivity index (χ0v) is 30.8. The number of H-pyrrole nitrogens is 1. The number of nitrogens with zero attached hydrogens (tertiary/aromatic N) is 1. The summed E-state index contributed by atoms with van der Waals surface area (Å²) in [5, 5.41) is 9.28. The van der Waals surface area contributed by atoms with E-state index < -0.39 is 5.38 Å². The molecule has 0 bridgehead atoms. The van der Waals surface area contributed by atoms with Gasteiger partial charge in [-0.15, -0.1) is 11.6 Å². The second kappa shape index (κ2) is 15.0. The van der Waals surface area contributed by atoms with Crippen molar-refractivity contribution in [2.24, 2.45) is 0 Å². The minimum atomic E-state index is -0.485. The molecule has 252 valence electrons. The molecule has 0 saturated carbocycles. The van der Waals surface area contributed by atoms with E-state index in [1.165, 1.54) is 28.4 Å². The third-order valence-corrected chi connectivity index (χ3v) is 10.2.